The summed E-state index contributed by atoms with van der Waals surface area (Å²) in [5, 5.41) is 0. The highest BCUT2D eigenvalue weighted by Gasteiger charge is 2.13. The van der Waals surface area contributed by atoms with Gasteiger partial charge >= 0.3 is 0 Å². The molecule has 0 saturated carbocycles. The van der Waals surface area contributed by atoms with Crippen LogP contribution in [0.15, 0.2) is 45.1 Å². The third-order valence-corrected chi connectivity index (χ3v) is 8.84. The van der Waals surface area contributed by atoms with Crippen LogP contribution in [0.3, 0.4) is 0 Å². The molecule has 146 valence electrons. The van der Waals surface area contributed by atoms with Crippen molar-refractivity contribution in [1.82, 2.24) is 9.97 Å². The standard InChI is InChI=1S/C20H20N2O2S4/c1-3-11-23-13-7-5-9-15-17(13)21-19(25-15)27-28-20-22-18-14(24-12-4-2)8-6-10-16(18)26-20/h5-10H,3-4,11-12H2,1-2H3. The SMILES string of the molecule is CCCOc1cccc2sc(SSc3nc4c(OCCC)cccc4s3)nc12. The van der Waals surface area contributed by atoms with Gasteiger partial charge in [-0.1, -0.05) is 26.0 Å². The highest BCUT2D eigenvalue weighted by molar-refractivity contribution is 8.77. The van der Waals surface area contributed by atoms with Crippen molar-refractivity contribution in [2.24, 2.45) is 0 Å². The lowest BCUT2D eigenvalue weighted by Crippen LogP contribution is -1.95. The van der Waals surface area contributed by atoms with E-state index in [1.807, 2.05) is 24.3 Å². The Kier molecular flexibility index (Phi) is 6.61. The van der Waals surface area contributed by atoms with Crippen LogP contribution in [0.5, 0.6) is 11.5 Å². The maximum atomic E-state index is 5.83. The number of fused-ring (bicyclic) bond motifs is 2. The molecule has 0 fully saturated rings. The maximum Gasteiger partial charge on any atom is 0.162 e. The van der Waals surface area contributed by atoms with Crippen molar-refractivity contribution in [3.05, 3.63) is 36.4 Å². The molecule has 0 amide bonds. The van der Waals surface area contributed by atoms with E-state index in [1.165, 1.54) is 0 Å². The van der Waals surface area contributed by atoms with E-state index in [1.54, 1.807) is 44.3 Å². The van der Waals surface area contributed by atoms with E-state index in [9.17, 15) is 0 Å². The Labute approximate surface area is 180 Å². The van der Waals surface area contributed by atoms with Gasteiger partial charge in [-0.2, -0.15) is 0 Å². The van der Waals surface area contributed by atoms with Crippen LogP contribution in [-0.2, 0) is 0 Å². The summed E-state index contributed by atoms with van der Waals surface area (Å²) in [5.41, 5.74) is 1.90. The fraction of sp³-hybridized carbons (Fsp3) is 0.300. The average Bonchev–Trinajstić information content (AvgIpc) is 3.32. The van der Waals surface area contributed by atoms with Crippen molar-refractivity contribution in [2.75, 3.05) is 13.2 Å². The van der Waals surface area contributed by atoms with Crippen LogP contribution in [0.1, 0.15) is 26.7 Å². The molecule has 2 heterocycles. The van der Waals surface area contributed by atoms with E-state index in [2.05, 4.69) is 26.0 Å². The second kappa shape index (κ2) is 9.35. The Balaban J connectivity index is 1.51. The number of thiazole rings is 2. The number of benzene rings is 2. The van der Waals surface area contributed by atoms with Crippen LogP contribution in [0.25, 0.3) is 20.4 Å². The highest BCUT2D eigenvalue weighted by Crippen LogP contribution is 2.45. The van der Waals surface area contributed by atoms with E-state index in [4.69, 9.17) is 19.4 Å². The van der Waals surface area contributed by atoms with Gasteiger partial charge in [0.05, 0.1) is 22.6 Å². The van der Waals surface area contributed by atoms with Crippen LogP contribution in [0.2, 0.25) is 0 Å². The van der Waals surface area contributed by atoms with Gasteiger partial charge < -0.3 is 9.47 Å². The topological polar surface area (TPSA) is 44.2 Å². The number of ether oxygens (including phenoxy) is 2. The summed E-state index contributed by atoms with van der Waals surface area (Å²) in [4.78, 5) is 9.56. The summed E-state index contributed by atoms with van der Waals surface area (Å²) in [6.45, 7) is 5.63. The number of nitrogens with zero attached hydrogens (tertiary/aromatic N) is 2. The molecule has 2 aromatic carbocycles. The molecule has 2 aromatic heterocycles. The van der Waals surface area contributed by atoms with E-state index in [0.29, 0.717) is 13.2 Å². The van der Waals surface area contributed by atoms with Gasteiger partial charge in [-0.05, 0) is 58.7 Å². The minimum atomic E-state index is 0.710. The van der Waals surface area contributed by atoms with Gasteiger partial charge in [0.1, 0.15) is 22.5 Å². The predicted octanol–water partition coefficient (Wildman–Crippen LogP) is 7.28. The van der Waals surface area contributed by atoms with Crippen LogP contribution < -0.4 is 9.47 Å². The largest absolute Gasteiger partial charge is 0.491 e. The lowest BCUT2D eigenvalue weighted by Gasteiger charge is -2.03. The third kappa shape index (κ3) is 4.40. The fourth-order valence-electron chi connectivity index (χ4n) is 2.61. The second-order valence-corrected chi connectivity index (χ2v) is 10.7. The van der Waals surface area contributed by atoms with Gasteiger partial charge in [-0.3, -0.25) is 0 Å². The van der Waals surface area contributed by atoms with Crippen LogP contribution >= 0.6 is 44.3 Å². The van der Waals surface area contributed by atoms with Gasteiger partial charge in [0.2, 0.25) is 0 Å². The molecule has 0 saturated heterocycles. The Morgan fingerprint density at radius 1 is 0.750 bits per heavy atom. The van der Waals surface area contributed by atoms with E-state index >= 15 is 0 Å². The average molecular weight is 449 g/mol. The van der Waals surface area contributed by atoms with Gasteiger partial charge in [0, 0.05) is 0 Å². The van der Waals surface area contributed by atoms with Crippen LogP contribution in [-0.4, -0.2) is 23.2 Å². The van der Waals surface area contributed by atoms with Crippen LogP contribution in [0, 0.1) is 0 Å². The first-order valence-corrected chi connectivity index (χ1v) is 13.0. The molecular formula is C20H20N2O2S4. The number of hydrogen-bond donors (Lipinski definition) is 0. The van der Waals surface area contributed by atoms with Crippen LogP contribution in [0.4, 0.5) is 0 Å². The van der Waals surface area contributed by atoms with Gasteiger partial charge in [0.15, 0.2) is 8.68 Å². The molecule has 28 heavy (non-hydrogen) atoms. The zero-order valence-electron chi connectivity index (χ0n) is 15.6. The lowest BCUT2D eigenvalue weighted by molar-refractivity contribution is 0.320. The molecule has 0 aliphatic rings. The Morgan fingerprint density at radius 2 is 1.21 bits per heavy atom. The molecule has 0 bridgehead atoms. The van der Waals surface area contributed by atoms with E-state index in [0.717, 1.165) is 53.5 Å². The predicted molar refractivity (Wildman–Crippen MR) is 123 cm³/mol. The summed E-state index contributed by atoms with van der Waals surface area (Å²) in [7, 11) is 3.29. The van der Waals surface area contributed by atoms with Crippen molar-refractivity contribution >= 4 is 64.7 Å². The smallest absolute Gasteiger partial charge is 0.162 e. The van der Waals surface area contributed by atoms with Crippen molar-refractivity contribution < 1.29 is 9.47 Å². The second-order valence-electron chi connectivity index (χ2n) is 6.03. The Hall–Kier alpha value is -1.48. The molecule has 0 atom stereocenters. The summed E-state index contributed by atoms with van der Waals surface area (Å²) in [6.07, 6.45) is 1.97. The minimum Gasteiger partial charge on any atom is -0.491 e. The molecular weight excluding hydrogens is 429 g/mol. The van der Waals surface area contributed by atoms with Crippen molar-refractivity contribution in [1.29, 1.82) is 0 Å². The Morgan fingerprint density at radius 3 is 1.64 bits per heavy atom. The molecule has 0 spiro atoms. The molecule has 0 aliphatic carbocycles. The number of aromatic nitrogens is 2. The minimum absolute atomic E-state index is 0.710. The van der Waals surface area contributed by atoms with E-state index in [-0.39, 0.29) is 0 Å². The molecule has 4 rings (SSSR count). The van der Waals surface area contributed by atoms with Gasteiger partial charge in [0.25, 0.3) is 0 Å². The zero-order valence-corrected chi connectivity index (χ0v) is 18.9. The number of hydrogen-bond acceptors (Lipinski definition) is 8. The number of para-hydroxylation sites is 2. The molecule has 0 radical (unpaired) electrons. The molecule has 0 aliphatic heterocycles. The molecule has 0 N–H and O–H groups in total. The van der Waals surface area contributed by atoms with Gasteiger partial charge in [-0.15, -0.1) is 22.7 Å². The van der Waals surface area contributed by atoms with Crippen molar-refractivity contribution in [3.63, 3.8) is 0 Å². The quantitative estimate of drug-likeness (QED) is 0.251. The van der Waals surface area contributed by atoms with Crippen molar-refractivity contribution in [2.45, 2.75) is 35.4 Å². The normalized spacial score (nSPS) is 11.4. The summed E-state index contributed by atoms with van der Waals surface area (Å²) in [6, 6.07) is 12.2. The van der Waals surface area contributed by atoms with Crippen molar-refractivity contribution in [3.8, 4) is 11.5 Å². The first-order chi connectivity index (χ1) is 13.8. The lowest BCUT2D eigenvalue weighted by atomic mass is 10.3. The number of rotatable bonds is 9. The molecule has 0 unspecified atom stereocenters. The Bertz CT molecular complexity index is 991. The summed E-state index contributed by atoms with van der Waals surface area (Å²) >= 11 is 3.38. The zero-order chi connectivity index (χ0) is 19.3. The van der Waals surface area contributed by atoms with E-state index < -0.39 is 0 Å². The monoisotopic (exact) mass is 448 g/mol. The molecule has 8 heteroatoms. The maximum absolute atomic E-state index is 5.83. The highest BCUT2D eigenvalue weighted by atomic mass is 33.1. The summed E-state index contributed by atoms with van der Waals surface area (Å²) in [5.74, 6) is 1.73. The first kappa shape index (κ1) is 19.8. The summed E-state index contributed by atoms with van der Waals surface area (Å²) < 4.78 is 16.0. The fourth-order valence-corrected chi connectivity index (χ4v) is 7.12. The van der Waals surface area contributed by atoms with Gasteiger partial charge in [-0.25, -0.2) is 9.97 Å². The molecule has 4 nitrogen and oxygen atoms in total. The third-order valence-electron chi connectivity index (χ3n) is 3.83. The molecule has 4 aromatic rings. The first-order valence-electron chi connectivity index (χ1n) is 9.17.